The van der Waals surface area contributed by atoms with Crippen LogP contribution in [0.1, 0.15) is 57.5 Å². The SMILES string of the molecule is CC/C(F)=C(\F)c1nc(/C(F)=C(\F)CC)nc(/C(F)=C(\F)CC)n1. The molecule has 0 aliphatic carbocycles. The van der Waals surface area contributed by atoms with Crippen molar-refractivity contribution in [1.29, 1.82) is 0 Å². The summed E-state index contributed by atoms with van der Waals surface area (Å²) in [6.07, 6.45) is -1.11. The second kappa shape index (κ2) is 8.60. The Bertz CT molecular complexity index is 602. The molecule has 0 spiro atoms. The zero-order valence-electron chi connectivity index (χ0n) is 13.2. The molecule has 0 atom stereocenters. The van der Waals surface area contributed by atoms with Crippen molar-refractivity contribution in [2.45, 2.75) is 40.0 Å². The molecule has 0 unspecified atom stereocenters. The zero-order valence-corrected chi connectivity index (χ0v) is 13.2. The number of halogens is 6. The lowest BCUT2D eigenvalue weighted by Crippen LogP contribution is -2.06. The quantitative estimate of drug-likeness (QED) is 0.597. The lowest BCUT2D eigenvalue weighted by molar-refractivity contribution is 0.560. The van der Waals surface area contributed by atoms with Gasteiger partial charge in [0.15, 0.2) is 35.0 Å². The van der Waals surface area contributed by atoms with E-state index in [1.807, 2.05) is 0 Å². The summed E-state index contributed by atoms with van der Waals surface area (Å²) in [4.78, 5) is 9.78. The van der Waals surface area contributed by atoms with Crippen LogP contribution >= 0.6 is 0 Å². The van der Waals surface area contributed by atoms with Gasteiger partial charge >= 0.3 is 0 Å². The molecule has 1 aromatic heterocycles. The van der Waals surface area contributed by atoms with E-state index in [0.717, 1.165) is 0 Å². The van der Waals surface area contributed by atoms with E-state index in [9.17, 15) is 26.3 Å². The maximum Gasteiger partial charge on any atom is 0.199 e. The molecule has 24 heavy (non-hydrogen) atoms. The molecule has 0 saturated heterocycles. The minimum absolute atomic E-state index is 0.370. The van der Waals surface area contributed by atoms with Gasteiger partial charge in [-0.2, -0.15) is 13.2 Å². The predicted molar refractivity (Wildman–Crippen MR) is 78.1 cm³/mol. The topological polar surface area (TPSA) is 38.7 Å². The number of nitrogens with zero attached hydrogens (tertiary/aromatic N) is 3. The lowest BCUT2D eigenvalue weighted by Gasteiger charge is -2.06. The molecular formula is C15H15F6N3. The molecule has 0 N–H and O–H groups in total. The fourth-order valence-corrected chi connectivity index (χ4v) is 1.50. The Balaban J connectivity index is 3.70. The van der Waals surface area contributed by atoms with Crippen LogP contribution in [0.2, 0.25) is 0 Å². The van der Waals surface area contributed by atoms with E-state index in [4.69, 9.17) is 0 Å². The van der Waals surface area contributed by atoms with Crippen LogP contribution in [0.3, 0.4) is 0 Å². The molecule has 1 heterocycles. The second-order valence-corrected chi connectivity index (χ2v) is 4.52. The molecule has 3 nitrogen and oxygen atoms in total. The van der Waals surface area contributed by atoms with E-state index in [2.05, 4.69) is 15.0 Å². The van der Waals surface area contributed by atoms with Crippen molar-refractivity contribution in [3.8, 4) is 0 Å². The summed E-state index contributed by atoms with van der Waals surface area (Å²) in [6.45, 7) is 3.85. The summed E-state index contributed by atoms with van der Waals surface area (Å²) in [6, 6.07) is 0. The minimum atomic E-state index is -1.59. The molecule has 0 aliphatic heterocycles. The van der Waals surface area contributed by atoms with Gasteiger partial charge in [-0.3, -0.25) is 0 Å². The summed E-state index contributed by atoms with van der Waals surface area (Å²) >= 11 is 0. The second-order valence-electron chi connectivity index (χ2n) is 4.52. The summed E-state index contributed by atoms with van der Waals surface area (Å²) in [5.41, 5.74) is 0. The van der Waals surface area contributed by atoms with Crippen LogP contribution in [0.4, 0.5) is 26.3 Å². The van der Waals surface area contributed by atoms with Crippen LogP contribution in [0, 0.1) is 0 Å². The van der Waals surface area contributed by atoms with Crippen LogP contribution in [-0.4, -0.2) is 15.0 Å². The third kappa shape index (κ3) is 4.42. The molecule has 0 bridgehead atoms. The van der Waals surface area contributed by atoms with Gasteiger partial charge < -0.3 is 0 Å². The average molecular weight is 351 g/mol. The highest BCUT2D eigenvalue weighted by atomic mass is 19.2. The van der Waals surface area contributed by atoms with Gasteiger partial charge in [-0.25, -0.2) is 28.1 Å². The molecule has 0 aromatic carbocycles. The number of rotatable bonds is 6. The summed E-state index contributed by atoms with van der Waals surface area (Å²) in [5, 5.41) is 0. The Hall–Kier alpha value is -2.19. The van der Waals surface area contributed by atoms with Gasteiger partial charge in [-0.05, 0) is 19.3 Å². The van der Waals surface area contributed by atoms with E-state index in [1.165, 1.54) is 20.8 Å². The molecule has 0 fully saturated rings. The highest BCUT2D eigenvalue weighted by Gasteiger charge is 2.21. The number of aromatic nitrogens is 3. The fraction of sp³-hybridized carbons (Fsp3) is 0.400. The van der Waals surface area contributed by atoms with Gasteiger partial charge in [0.1, 0.15) is 17.5 Å². The lowest BCUT2D eigenvalue weighted by atomic mass is 10.3. The van der Waals surface area contributed by atoms with Crippen molar-refractivity contribution >= 4 is 17.5 Å². The first kappa shape index (κ1) is 19.9. The average Bonchev–Trinajstić information content (AvgIpc) is 2.63. The van der Waals surface area contributed by atoms with Gasteiger partial charge in [-0.15, -0.1) is 0 Å². The van der Waals surface area contributed by atoms with Gasteiger partial charge in [0.2, 0.25) is 0 Å². The van der Waals surface area contributed by atoms with E-state index >= 15 is 0 Å². The van der Waals surface area contributed by atoms with Crippen molar-refractivity contribution in [2.75, 3.05) is 0 Å². The Labute approximate surface area is 134 Å². The molecule has 0 radical (unpaired) electrons. The first-order chi connectivity index (χ1) is 11.3. The van der Waals surface area contributed by atoms with Crippen LogP contribution in [0.5, 0.6) is 0 Å². The molecule has 9 heteroatoms. The maximum absolute atomic E-state index is 13.9. The number of hydrogen-bond donors (Lipinski definition) is 0. The van der Waals surface area contributed by atoms with Crippen molar-refractivity contribution in [3.05, 3.63) is 35.0 Å². The van der Waals surface area contributed by atoms with E-state index in [-0.39, 0.29) is 19.3 Å². The van der Waals surface area contributed by atoms with Crippen molar-refractivity contribution in [2.24, 2.45) is 0 Å². The standard InChI is InChI=1S/C15H15F6N3/c1-4-7(16)10(19)13-22-14(11(20)8(17)5-2)24-15(23-13)12(21)9(18)6-3/h4-6H2,1-3H3/b10-7+,11-8+,12-9+. The summed E-state index contributed by atoms with van der Waals surface area (Å²) < 4.78 is 81.7. The van der Waals surface area contributed by atoms with Gasteiger partial charge in [0.25, 0.3) is 0 Å². The fourth-order valence-electron chi connectivity index (χ4n) is 1.50. The highest BCUT2D eigenvalue weighted by Crippen LogP contribution is 2.27. The van der Waals surface area contributed by atoms with E-state index in [1.54, 1.807) is 0 Å². The maximum atomic E-state index is 13.9. The first-order valence-electron chi connectivity index (χ1n) is 7.16. The normalized spacial score (nSPS) is 14.9. The predicted octanol–water partition coefficient (Wildman–Crippen LogP) is 5.92. The Morgan fingerprint density at radius 1 is 0.542 bits per heavy atom. The first-order valence-corrected chi connectivity index (χ1v) is 7.16. The van der Waals surface area contributed by atoms with Gasteiger partial charge in [0.05, 0.1) is 0 Å². The smallest absolute Gasteiger partial charge is 0.199 e. The Kier molecular flexibility index (Phi) is 7.12. The monoisotopic (exact) mass is 351 g/mol. The van der Waals surface area contributed by atoms with Crippen LogP contribution in [0.15, 0.2) is 17.5 Å². The molecule has 0 saturated carbocycles. The molecular weight excluding hydrogens is 336 g/mol. The third-order valence-electron chi connectivity index (χ3n) is 2.87. The van der Waals surface area contributed by atoms with Crippen LogP contribution in [-0.2, 0) is 0 Å². The Morgan fingerprint density at radius 3 is 0.917 bits per heavy atom. The summed E-state index contributed by atoms with van der Waals surface area (Å²) in [7, 11) is 0. The van der Waals surface area contributed by atoms with Crippen LogP contribution < -0.4 is 0 Å². The number of allylic oxidation sites excluding steroid dienone is 3. The number of hydrogen-bond acceptors (Lipinski definition) is 3. The van der Waals surface area contributed by atoms with Crippen molar-refractivity contribution in [3.63, 3.8) is 0 Å². The van der Waals surface area contributed by atoms with Gasteiger partial charge in [-0.1, -0.05) is 20.8 Å². The Morgan fingerprint density at radius 2 is 0.750 bits per heavy atom. The van der Waals surface area contributed by atoms with Crippen LogP contribution in [0.25, 0.3) is 17.5 Å². The minimum Gasteiger partial charge on any atom is -0.208 e. The summed E-state index contributed by atoms with van der Waals surface area (Å²) in [5.74, 6) is -11.7. The largest absolute Gasteiger partial charge is 0.208 e. The molecule has 1 aromatic rings. The molecule has 132 valence electrons. The van der Waals surface area contributed by atoms with E-state index in [0.29, 0.717) is 0 Å². The molecule has 0 amide bonds. The zero-order chi connectivity index (χ0) is 18.4. The third-order valence-corrected chi connectivity index (χ3v) is 2.87. The molecule has 1 rings (SSSR count). The molecule has 0 aliphatic rings. The van der Waals surface area contributed by atoms with Crippen molar-refractivity contribution < 1.29 is 26.3 Å². The van der Waals surface area contributed by atoms with Gasteiger partial charge in [0, 0.05) is 0 Å². The van der Waals surface area contributed by atoms with E-state index < -0.39 is 52.4 Å². The van der Waals surface area contributed by atoms with Crippen molar-refractivity contribution in [1.82, 2.24) is 15.0 Å². The highest BCUT2D eigenvalue weighted by molar-refractivity contribution is 5.62.